The Kier molecular flexibility index (Phi) is 7.00. The van der Waals surface area contributed by atoms with Crippen LogP contribution in [0.2, 0.25) is 10.0 Å². The van der Waals surface area contributed by atoms with Gasteiger partial charge in [-0.25, -0.2) is 0 Å². The van der Waals surface area contributed by atoms with Crippen LogP contribution < -0.4 is 10.1 Å². The average Bonchev–Trinajstić information content (AvgIpc) is 2.51. The fraction of sp³-hybridized carbons (Fsp3) is 0.588. The van der Waals surface area contributed by atoms with E-state index in [1.165, 1.54) is 6.42 Å². The van der Waals surface area contributed by atoms with Crippen molar-refractivity contribution in [1.82, 2.24) is 10.2 Å². The van der Waals surface area contributed by atoms with Crippen LogP contribution in [0.5, 0.6) is 5.75 Å². The zero-order valence-corrected chi connectivity index (χ0v) is 15.2. The number of hydrogen-bond donors (Lipinski definition) is 1. The molecule has 1 amide bonds. The molecule has 128 valence electrons. The standard InChI is InChI=1S/C17H24Cl2N2O2/c1-12(23-16-10-14(18)9-15(19)11-16)17(22)21-7-4-13(5-8-21)3-6-20-2/h9-13,20H,3-8H2,1-2H3. The van der Waals surface area contributed by atoms with Crippen molar-refractivity contribution in [3.8, 4) is 5.75 Å². The van der Waals surface area contributed by atoms with E-state index in [0.717, 1.165) is 32.5 Å². The molecule has 1 unspecified atom stereocenters. The summed E-state index contributed by atoms with van der Waals surface area (Å²) in [5.74, 6) is 1.25. The zero-order valence-electron chi connectivity index (χ0n) is 13.6. The van der Waals surface area contributed by atoms with Crippen LogP contribution in [0.25, 0.3) is 0 Å². The summed E-state index contributed by atoms with van der Waals surface area (Å²) in [6.45, 7) is 4.41. The molecule has 23 heavy (non-hydrogen) atoms. The molecule has 1 aromatic carbocycles. The van der Waals surface area contributed by atoms with Gasteiger partial charge < -0.3 is 15.0 Å². The van der Waals surface area contributed by atoms with Crippen molar-refractivity contribution in [2.75, 3.05) is 26.7 Å². The van der Waals surface area contributed by atoms with Crippen molar-refractivity contribution >= 4 is 29.1 Å². The highest BCUT2D eigenvalue weighted by Crippen LogP contribution is 2.26. The van der Waals surface area contributed by atoms with Gasteiger partial charge in [0.05, 0.1) is 0 Å². The molecule has 1 atom stereocenters. The number of piperidine rings is 1. The molecule has 1 N–H and O–H groups in total. The number of halogens is 2. The Bertz CT molecular complexity index is 511. The van der Waals surface area contributed by atoms with Crippen LogP contribution in [0.3, 0.4) is 0 Å². The van der Waals surface area contributed by atoms with E-state index in [1.807, 2.05) is 11.9 Å². The van der Waals surface area contributed by atoms with Crippen LogP contribution in [0, 0.1) is 5.92 Å². The number of ether oxygens (including phenoxy) is 1. The lowest BCUT2D eigenvalue weighted by Crippen LogP contribution is -2.45. The summed E-state index contributed by atoms with van der Waals surface area (Å²) in [6, 6.07) is 4.97. The Labute approximate surface area is 148 Å². The number of benzene rings is 1. The van der Waals surface area contributed by atoms with E-state index in [9.17, 15) is 4.79 Å². The van der Waals surface area contributed by atoms with Gasteiger partial charge >= 0.3 is 0 Å². The van der Waals surface area contributed by atoms with Gasteiger partial charge in [-0.05, 0) is 63.9 Å². The third-order valence-electron chi connectivity index (χ3n) is 4.23. The quantitative estimate of drug-likeness (QED) is 0.844. The van der Waals surface area contributed by atoms with Gasteiger partial charge in [0.1, 0.15) is 5.75 Å². The maximum atomic E-state index is 12.5. The van der Waals surface area contributed by atoms with Crippen molar-refractivity contribution < 1.29 is 9.53 Å². The smallest absolute Gasteiger partial charge is 0.263 e. The van der Waals surface area contributed by atoms with Crippen LogP contribution in [-0.4, -0.2) is 43.6 Å². The molecule has 0 bridgehead atoms. The lowest BCUT2D eigenvalue weighted by Gasteiger charge is -2.33. The second-order valence-corrected chi connectivity index (χ2v) is 6.90. The topological polar surface area (TPSA) is 41.6 Å². The fourth-order valence-corrected chi connectivity index (χ4v) is 3.40. The number of rotatable bonds is 6. The van der Waals surface area contributed by atoms with Crippen LogP contribution in [0.15, 0.2) is 18.2 Å². The van der Waals surface area contributed by atoms with E-state index in [0.29, 0.717) is 21.7 Å². The molecule has 1 heterocycles. The third-order valence-corrected chi connectivity index (χ3v) is 4.66. The number of carbonyl (C=O) groups excluding carboxylic acids is 1. The molecule has 0 spiro atoms. The highest BCUT2D eigenvalue weighted by atomic mass is 35.5. The minimum absolute atomic E-state index is 0.0214. The zero-order chi connectivity index (χ0) is 16.8. The maximum Gasteiger partial charge on any atom is 0.263 e. The first-order valence-corrected chi connectivity index (χ1v) is 8.81. The van der Waals surface area contributed by atoms with Crippen LogP contribution >= 0.6 is 23.2 Å². The minimum atomic E-state index is -0.543. The van der Waals surface area contributed by atoms with Crippen molar-refractivity contribution in [3.63, 3.8) is 0 Å². The van der Waals surface area contributed by atoms with Gasteiger partial charge in [-0.15, -0.1) is 0 Å². The summed E-state index contributed by atoms with van der Waals surface area (Å²) >= 11 is 11.9. The van der Waals surface area contributed by atoms with Gasteiger partial charge in [0, 0.05) is 23.1 Å². The summed E-state index contributed by atoms with van der Waals surface area (Å²) in [7, 11) is 1.97. The largest absolute Gasteiger partial charge is 0.481 e. The summed E-state index contributed by atoms with van der Waals surface area (Å²) < 4.78 is 5.71. The number of likely N-dealkylation sites (tertiary alicyclic amines) is 1. The number of amides is 1. The number of carbonyl (C=O) groups is 1. The Balaban J connectivity index is 1.85. The highest BCUT2D eigenvalue weighted by Gasteiger charge is 2.26. The Morgan fingerprint density at radius 1 is 1.30 bits per heavy atom. The third kappa shape index (κ3) is 5.55. The predicted molar refractivity (Wildman–Crippen MR) is 94.4 cm³/mol. The van der Waals surface area contributed by atoms with Gasteiger partial charge in [-0.3, -0.25) is 4.79 Å². The number of nitrogens with zero attached hydrogens (tertiary/aromatic N) is 1. The van der Waals surface area contributed by atoms with E-state index in [2.05, 4.69) is 5.32 Å². The van der Waals surface area contributed by atoms with Crippen molar-refractivity contribution in [2.24, 2.45) is 5.92 Å². The molecular weight excluding hydrogens is 335 g/mol. The molecule has 1 aliphatic heterocycles. The van der Waals surface area contributed by atoms with E-state index < -0.39 is 6.10 Å². The first-order valence-electron chi connectivity index (χ1n) is 8.05. The first kappa shape index (κ1) is 18.4. The highest BCUT2D eigenvalue weighted by molar-refractivity contribution is 6.34. The summed E-state index contributed by atoms with van der Waals surface area (Å²) in [6.07, 6.45) is 2.75. The summed E-state index contributed by atoms with van der Waals surface area (Å²) in [4.78, 5) is 14.4. The summed E-state index contributed by atoms with van der Waals surface area (Å²) in [5.41, 5.74) is 0. The molecule has 0 saturated carbocycles. The molecule has 1 fully saturated rings. The average molecular weight is 359 g/mol. The lowest BCUT2D eigenvalue weighted by molar-refractivity contribution is -0.139. The molecule has 1 aliphatic rings. The molecule has 4 nitrogen and oxygen atoms in total. The van der Waals surface area contributed by atoms with Gasteiger partial charge in [0.15, 0.2) is 6.10 Å². The molecule has 2 rings (SSSR count). The molecular formula is C17H24Cl2N2O2. The van der Waals surface area contributed by atoms with Crippen LogP contribution in [0.4, 0.5) is 0 Å². The minimum Gasteiger partial charge on any atom is -0.481 e. The molecule has 1 aromatic rings. The fourth-order valence-electron chi connectivity index (χ4n) is 2.90. The van der Waals surface area contributed by atoms with Crippen molar-refractivity contribution in [1.29, 1.82) is 0 Å². The van der Waals surface area contributed by atoms with Gasteiger partial charge in [0.25, 0.3) is 5.91 Å². The van der Waals surface area contributed by atoms with Gasteiger partial charge in [0.2, 0.25) is 0 Å². The van der Waals surface area contributed by atoms with E-state index in [4.69, 9.17) is 27.9 Å². The molecule has 6 heteroatoms. The SMILES string of the molecule is CNCCC1CCN(C(=O)C(C)Oc2cc(Cl)cc(Cl)c2)CC1. The molecule has 0 aliphatic carbocycles. The first-order chi connectivity index (χ1) is 11.0. The van der Waals surface area contributed by atoms with Gasteiger partial charge in [-0.1, -0.05) is 23.2 Å². The van der Waals surface area contributed by atoms with Crippen LogP contribution in [0.1, 0.15) is 26.2 Å². The molecule has 0 aromatic heterocycles. The number of hydrogen-bond acceptors (Lipinski definition) is 3. The molecule has 1 saturated heterocycles. The number of nitrogens with one attached hydrogen (secondary N) is 1. The predicted octanol–water partition coefficient (Wildman–Crippen LogP) is 3.61. The Morgan fingerprint density at radius 3 is 2.48 bits per heavy atom. The Morgan fingerprint density at radius 2 is 1.91 bits per heavy atom. The normalized spacial score (nSPS) is 17.1. The maximum absolute atomic E-state index is 12.5. The van der Waals surface area contributed by atoms with Crippen LogP contribution in [-0.2, 0) is 4.79 Å². The summed E-state index contributed by atoms with van der Waals surface area (Å²) in [5, 5.41) is 4.18. The van der Waals surface area contributed by atoms with Crippen molar-refractivity contribution in [2.45, 2.75) is 32.3 Å². The monoisotopic (exact) mass is 358 g/mol. The van der Waals surface area contributed by atoms with E-state index in [1.54, 1.807) is 25.1 Å². The second kappa shape index (κ2) is 8.76. The lowest BCUT2D eigenvalue weighted by atomic mass is 9.93. The molecule has 0 radical (unpaired) electrons. The second-order valence-electron chi connectivity index (χ2n) is 6.03. The van der Waals surface area contributed by atoms with E-state index >= 15 is 0 Å². The van der Waals surface area contributed by atoms with E-state index in [-0.39, 0.29) is 5.91 Å². The Hall–Kier alpha value is -0.970. The van der Waals surface area contributed by atoms with Crippen molar-refractivity contribution in [3.05, 3.63) is 28.2 Å². The van der Waals surface area contributed by atoms with Gasteiger partial charge in [-0.2, -0.15) is 0 Å².